The van der Waals surface area contributed by atoms with Gasteiger partial charge in [0.05, 0.1) is 12.3 Å². The summed E-state index contributed by atoms with van der Waals surface area (Å²) in [7, 11) is -1.65. The quantitative estimate of drug-likeness (QED) is 0.597. The molecule has 1 fully saturated rings. The van der Waals surface area contributed by atoms with Crippen LogP contribution in [-0.4, -0.2) is 25.3 Å². The van der Waals surface area contributed by atoms with Crippen LogP contribution in [0.4, 0.5) is 0 Å². The molecule has 1 aliphatic rings. The normalized spacial score (nSPS) is 18.5. The first-order chi connectivity index (χ1) is 10.2. The third-order valence-electron chi connectivity index (χ3n) is 3.78. The van der Waals surface area contributed by atoms with E-state index in [1.807, 2.05) is 12.1 Å². The molecule has 1 saturated carbocycles. The Kier molecular flexibility index (Phi) is 5.81. The fourth-order valence-electron chi connectivity index (χ4n) is 2.59. The van der Waals surface area contributed by atoms with E-state index in [9.17, 15) is 9.36 Å². The Hall–Kier alpha value is -1.34. The molecule has 0 amide bonds. The van der Waals surface area contributed by atoms with E-state index in [0.717, 1.165) is 12.8 Å². The lowest BCUT2D eigenvalue weighted by Gasteiger charge is -2.23. The number of allylic oxidation sites excluding steroid dienone is 1. The van der Waals surface area contributed by atoms with Gasteiger partial charge in [0.2, 0.25) is 7.37 Å². The van der Waals surface area contributed by atoms with Crippen molar-refractivity contribution in [3.8, 4) is 5.75 Å². The fourth-order valence-corrected chi connectivity index (χ4v) is 4.11. The molecule has 0 N–H and O–H groups in total. The summed E-state index contributed by atoms with van der Waals surface area (Å²) in [6.45, 7) is 0. The van der Waals surface area contributed by atoms with E-state index in [2.05, 4.69) is 0 Å². The first-order valence-electron chi connectivity index (χ1n) is 7.29. The van der Waals surface area contributed by atoms with Crippen molar-refractivity contribution in [2.45, 2.75) is 38.2 Å². The van der Waals surface area contributed by atoms with Gasteiger partial charge >= 0.3 is 0 Å². The zero-order chi connectivity index (χ0) is 15.1. The number of benzene rings is 1. The molecule has 5 heteroatoms. The number of hydrogen-bond acceptors (Lipinski definition) is 4. The van der Waals surface area contributed by atoms with Gasteiger partial charge in [0.25, 0.3) is 0 Å². The van der Waals surface area contributed by atoms with E-state index >= 15 is 0 Å². The van der Waals surface area contributed by atoms with Gasteiger partial charge in [-0.2, -0.15) is 0 Å². The lowest BCUT2D eigenvalue weighted by molar-refractivity contribution is 0.155. The van der Waals surface area contributed by atoms with Crippen LogP contribution >= 0.6 is 7.37 Å². The van der Waals surface area contributed by atoms with Crippen molar-refractivity contribution in [1.82, 2.24) is 0 Å². The molecule has 0 radical (unpaired) electrons. The highest BCUT2D eigenvalue weighted by Gasteiger charge is 2.24. The predicted octanol–water partition coefficient (Wildman–Crippen LogP) is 3.34. The highest BCUT2D eigenvalue weighted by atomic mass is 31.2. The van der Waals surface area contributed by atoms with Crippen molar-refractivity contribution in [1.29, 1.82) is 0 Å². The van der Waals surface area contributed by atoms with Gasteiger partial charge in [-0.05, 0) is 43.9 Å². The van der Waals surface area contributed by atoms with Crippen LogP contribution in [0.25, 0.3) is 0 Å². The van der Waals surface area contributed by atoms with E-state index in [0.29, 0.717) is 11.1 Å². The molecule has 0 saturated heterocycles. The Morgan fingerprint density at radius 3 is 2.76 bits per heavy atom. The third-order valence-corrected chi connectivity index (χ3v) is 6.09. The number of rotatable bonds is 6. The lowest BCUT2D eigenvalue weighted by Crippen LogP contribution is -2.20. The lowest BCUT2D eigenvalue weighted by atomic mass is 9.98. The Morgan fingerprint density at radius 1 is 1.33 bits per heavy atom. The molecule has 1 unspecified atom stereocenters. The first-order valence-corrected chi connectivity index (χ1v) is 9.10. The van der Waals surface area contributed by atoms with Crippen LogP contribution in [0.1, 0.15) is 32.1 Å². The number of hydrogen-bond donors (Lipinski definition) is 0. The van der Waals surface area contributed by atoms with Gasteiger partial charge in [-0.15, -0.1) is 0 Å². The number of ether oxygens (including phenoxy) is 1. The summed E-state index contributed by atoms with van der Waals surface area (Å²) in [6.07, 6.45) is 7.32. The van der Waals surface area contributed by atoms with Gasteiger partial charge in [0, 0.05) is 18.5 Å². The predicted molar refractivity (Wildman–Crippen MR) is 83.3 cm³/mol. The minimum absolute atomic E-state index is 0.0554. The van der Waals surface area contributed by atoms with Gasteiger partial charge in [-0.1, -0.05) is 12.5 Å². The van der Waals surface area contributed by atoms with Crippen molar-refractivity contribution in [3.63, 3.8) is 0 Å². The molecule has 2 rings (SSSR count). The first kappa shape index (κ1) is 16.0. The van der Waals surface area contributed by atoms with Crippen molar-refractivity contribution in [2.24, 2.45) is 0 Å². The zero-order valence-corrected chi connectivity index (χ0v) is 13.2. The summed E-state index contributed by atoms with van der Waals surface area (Å²) in [5, 5.41) is 0.574. The molecule has 1 atom stereocenters. The molecular formula is C16H21O4P. The average molecular weight is 308 g/mol. The molecule has 1 aromatic rings. The molecule has 1 aromatic carbocycles. The van der Waals surface area contributed by atoms with Crippen molar-refractivity contribution in [2.75, 3.05) is 13.3 Å². The van der Waals surface area contributed by atoms with Gasteiger partial charge in [0.15, 0.2) is 0 Å². The highest BCUT2D eigenvalue weighted by molar-refractivity contribution is 7.67. The second kappa shape index (κ2) is 7.61. The Balaban J connectivity index is 2.15. The average Bonchev–Trinajstić information content (AvgIpc) is 2.54. The maximum absolute atomic E-state index is 12.7. The topological polar surface area (TPSA) is 52.6 Å². The molecule has 0 bridgehead atoms. The summed E-state index contributed by atoms with van der Waals surface area (Å²) in [5.41, 5.74) is 0. The minimum Gasteiger partial charge on any atom is -0.490 e. The van der Waals surface area contributed by atoms with Crippen LogP contribution in [0.2, 0.25) is 0 Å². The largest absolute Gasteiger partial charge is 0.490 e. The van der Waals surface area contributed by atoms with Gasteiger partial charge in [-0.3, -0.25) is 4.57 Å². The van der Waals surface area contributed by atoms with Crippen molar-refractivity contribution in [3.05, 3.63) is 30.3 Å². The zero-order valence-electron chi connectivity index (χ0n) is 12.3. The van der Waals surface area contributed by atoms with Gasteiger partial charge in [-0.25, -0.2) is 4.79 Å². The second-order valence-electron chi connectivity index (χ2n) is 5.24. The Morgan fingerprint density at radius 2 is 2.10 bits per heavy atom. The third kappa shape index (κ3) is 4.31. The Labute approximate surface area is 125 Å². The maximum Gasteiger partial charge on any atom is 0.236 e. The van der Waals surface area contributed by atoms with E-state index in [1.54, 1.807) is 18.1 Å². The van der Waals surface area contributed by atoms with E-state index in [4.69, 9.17) is 9.26 Å². The highest BCUT2D eigenvalue weighted by Crippen LogP contribution is 2.45. The fraction of sp³-hybridized carbons (Fsp3) is 0.500. The second-order valence-corrected chi connectivity index (χ2v) is 7.83. The summed E-state index contributed by atoms with van der Waals surface area (Å²) < 4.78 is 23.8. The van der Waals surface area contributed by atoms with Crippen LogP contribution in [0.5, 0.6) is 5.75 Å². The monoisotopic (exact) mass is 308 g/mol. The molecule has 0 spiro atoms. The summed E-state index contributed by atoms with van der Waals surface area (Å²) in [4.78, 5) is 10.3. The SMILES string of the molecule is COP(=O)(CC=C=O)c1cccc(OC2CCCCC2)c1. The minimum atomic E-state index is -3.05. The van der Waals surface area contributed by atoms with Crippen molar-refractivity contribution >= 4 is 18.6 Å². The molecule has 0 aliphatic heterocycles. The molecular weight excluding hydrogens is 287 g/mol. The Bertz CT molecular complexity index is 557. The molecule has 1 aliphatic carbocycles. The molecule has 114 valence electrons. The van der Waals surface area contributed by atoms with Crippen LogP contribution in [0.15, 0.2) is 30.3 Å². The summed E-state index contributed by atoms with van der Waals surface area (Å²) in [6, 6.07) is 7.19. The molecule has 0 heterocycles. The summed E-state index contributed by atoms with van der Waals surface area (Å²) >= 11 is 0. The maximum atomic E-state index is 12.7. The molecule has 4 nitrogen and oxygen atoms in total. The van der Waals surface area contributed by atoms with Gasteiger partial charge in [0.1, 0.15) is 11.7 Å². The van der Waals surface area contributed by atoms with Crippen LogP contribution in [0, 0.1) is 0 Å². The summed E-state index contributed by atoms with van der Waals surface area (Å²) in [5.74, 6) is 2.36. The van der Waals surface area contributed by atoms with E-state index in [-0.39, 0.29) is 12.3 Å². The number of carbonyl (C=O) groups excluding carboxylic acids is 1. The van der Waals surface area contributed by atoms with Crippen LogP contribution in [0.3, 0.4) is 0 Å². The molecule has 21 heavy (non-hydrogen) atoms. The molecule has 0 aromatic heterocycles. The van der Waals surface area contributed by atoms with Crippen molar-refractivity contribution < 1.29 is 18.6 Å². The van der Waals surface area contributed by atoms with E-state index in [1.165, 1.54) is 32.4 Å². The van der Waals surface area contributed by atoms with Gasteiger partial charge < -0.3 is 9.26 Å². The standard InChI is InChI=1S/C16H21O4P/c1-19-21(18,12-6-11-17)16-10-5-9-15(13-16)20-14-7-3-2-4-8-14/h5-6,9-10,13-14H,2-4,7-8,12H2,1H3. The van der Waals surface area contributed by atoms with E-state index < -0.39 is 7.37 Å². The van der Waals surface area contributed by atoms with Crippen LogP contribution in [-0.2, 0) is 13.9 Å². The van der Waals surface area contributed by atoms with Crippen LogP contribution < -0.4 is 10.0 Å². The smallest absolute Gasteiger partial charge is 0.236 e.